The highest BCUT2D eigenvalue weighted by Crippen LogP contribution is 2.35. The number of nitrogens with zero attached hydrogens (tertiary/aromatic N) is 2. The first-order chi connectivity index (χ1) is 12.0. The number of piperidine rings is 2. The highest BCUT2D eigenvalue weighted by Gasteiger charge is 2.33. The summed E-state index contributed by atoms with van der Waals surface area (Å²) in [6.45, 7) is 5.96. The molecule has 0 saturated carbocycles. The zero-order valence-electron chi connectivity index (χ0n) is 14.7. The lowest BCUT2D eigenvalue weighted by Crippen LogP contribution is -2.48. The lowest BCUT2D eigenvalue weighted by Gasteiger charge is -2.41. The van der Waals surface area contributed by atoms with E-state index in [9.17, 15) is 8.42 Å². The minimum absolute atomic E-state index is 0.151. The molecule has 0 amide bonds. The van der Waals surface area contributed by atoms with E-state index < -0.39 is 10.0 Å². The van der Waals surface area contributed by atoms with E-state index in [1.807, 2.05) is 0 Å². The largest absolute Gasteiger partial charge is 0.454 e. The van der Waals surface area contributed by atoms with Crippen LogP contribution in [0.1, 0.15) is 32.6 Å². The standard InChI is InChI=1S/C18H26N2O4S/c1-14-4-8-19(9-5-14)15-6-10-20(11-7-15)25(21,22)16-2-3-17-18(12-16)24-13-23-17/h2-3,12,14-15H,4-11,13H2,1H3. The van der Waals surface area contributed by atoms with Crippen molar-refractivity contribution in [2.75, 3.05) is 33.0 Å². The van der Waals surface area contributed by atoms with Crippen molar-refractivity contribution in [3.63, 3.8) is 0 Å². The van der Waals surface area contributed by atoms with Gasteiger partial charge in [0.25, 0.3) is 0 Å². The second-order valence-electron chi connectivity index (χ2n) is 7.37. The Morgan fingerprint density at radius 3 is 2.36 bits per heavy atom. The van der Waals surface area contributed by atoms with Gasteiger partial charge in [-0.05, 0) is 56.8 Å². The van der Waals surface area contributed by atoms with Crippen molar-refractivity contribution in [2.45, 2.75) is 43.5 Å². The Labute approximate surface area is 149 Å². The Bertz CT molecular complexity index is 721. The molecule has 7 heteroatoms. The van der Waals surface area contributed by atoms with E-state index in [1.165, 1.54) is 12.8 Å². The van der Waals surface area contributed by atoms with E-state index in [0.717, 1.165) is 31.8 Å². The maximum absolute atomic E-state index is 12.9. The molecule has 0 aromatic heterocycles. The Balaban J connectivity index is 1.41. The van der Waals surface area contributed by atoms with Crippen LogP contribution in [0.4, 0.5) is 0 Å². The molecular formula is C18H26N2O4S. The SMILES string of the molecule is CC1CCN(C2CCN(S(=O)(=O)c3ccc4c(c3)OCO4)CC2)CC1. The monoisotopic (exact) mass is 366 g/mol. The third-order valence-electron chi connectivity index (χ3n) is 5.74. The van der Waals surface area contributed by atoms with Crippen LogP contribution in [0.2, 0.25) is 0 Å². The van der Waals surface area contributed by atoms with Gasteiger partial charge in [-0.2, -0.15) is 4.31 Å². The second kappa shape index (κ2) is 6.78. The van der Waals surface area contributed by atoms with Gasteiger partial charge in [0.1, 0.15) is 0 Å². The maximum Gasteiger partial charge on any atom is 0.243 e. The molecule has 4 rings (SSSR count). The maximum atomic E-state index is 12.9. The van der Waals surface area contributed by atoms with Crippen LogP contribution >= 0.6 is 0 Å². The van der Waals surface area contributed by atoms with E-state index in [-0.39, 0.29) is 6.79 Å². The van der Waals surface area contributed by atoms with Crippen LogP contribution in [-0.4, -0.2) is 56.6 Å². The molecule has 138 valence electrons. The molecule has 3 aliphatic rings. The van der Waals surface area contributed by atoms with Crippen LogP contribution in [0, 0.1) is 5.92 Å². The van der Waals surface area contributed by atoms with Crippen molar-refractivity contribution in [3.05, 3.63) is 18.2 Å². The summed E-state index contributed by atoms with van der Waals surface area (Å²) in [7, 11) is -3.47. The van der Waals surface area contributed by atoms with Crippen molar-refractivity contribution >= 4 is 10.0 Å². The molecule has 3 aliphatic heterocycles. The van der Waals surface area contributed by atoms with Crippen LogP contribution < -0.4 is 9.47 Å². The quantitative estimate of drug-likeness (QED) is 0.822. The van der Waals surface area contributed by atoms with Crippen molar-refractivity contribution in [1.82, 2.24) is 9.21 Å². The normalized spacial score (nSPS) is 23.9. The predicted octanol–water partition coefficient (Wildman–Crippen LogP) is 2.30. The number of benzene rings is 1. The highest BCUT2D eigenvalue weighted by molar-refractivity contribution is 7.89. The van der Waals surface area contributed by atoms with Crippen LogP contribution in [0.25, 0.3) is 0 Å². The summed E-state index contributed by atoms with van der Waals surface area (Å²) >= 11 is 0. The van der Waals surface area contributed by atoms with Gasteiger partial charge in [-0.1, -0.05) is 6.92 Å². The summed E-state index contributed by atoms with van der Waals surface area (Å²) in [5.41, 5.74) is 0. The molecule has 2 fully saturated rings. The summed E-state index contributed by atoms with van der Waals surface area (Å²) < 4.78 is 38.1. The van der Waals surface area contributed by atoms with E-state index in [2.05, 4.69) is 11.8 Å². The van der Waals surface area contributed by atoms with E-state index >= 15 is 0 Å². The lowest BCUT2D eigenvalue weighted by atomic mass is 9.95. The highest BCUT2D eigenvalue weighted by atomic mass is 32.2. The Morgan fingerprint density at radius 1 is 0.960 bits per heavy atom. The van der Waals surface area contributed by atoms with Crippen LogP contribution in [0.5, 0.6) is 11.5 Å². The first-order valence-corrected chi connectivity index (χ1v) is 10.6. The smallest absolute Gasteiger partial charge is 0.243 e. The van der Waals surface area contributed by atoms with Crippen molar-refractivity contribution in [2.24, 2.45) is 5.92 Å². The molecule has 3 heterocycles. The van der Waals surface area contributed by atoms with Crippen LogP contribution in [-0.2, 0) is 10.0 Å². The van der Waals surface area contributed by atoms with E-state index in [0.29, 0.717) is 35.5 Å². The minimum Gasteiger partial charge on any atom is -0.454 e. The molecule has 0 bridgehead atoms. The minimum atomic E-state index is -3.47. The predicted molar refractivity (Wildman–Crippen MR) is 94.3 cm³/mol. The summed E-state index contributed by atoms with van der Waals surface area (Å²) in [5, 5.41) is 0. The first kappa shape index (κ1) is 17.1. The Hall–Kier alpha value is -1.31. The zero-order valence-corrected chi connectivity index (χ0v) is 15.5. The van der Waals surface area contributed by atoms with E-state index in [4.69, 9.17) is 9.47 Å². The van der Waals surface area contributed by atoms with Crippen molar-refractivity contribution in [3.8, 4) is 11.5 Å². The fraction of sp³-hybridized carbons (Fsp3) is 0.667. The molecule has 2 saturated heterocycles. The molecule has 0 spiro atoms. The molecule has 0 aliphatic carbocycles. The van der Waals surface area contributed by atoms with Gasteiger partial charge < -0.3 is 14.4 Å². The molecule has 0 radical (unpaired) electrons. The van der Waals surface area contributed by atoms with Gasteiger partial charge in [0.05, 0.1) is 4.90 Å². The summed E-state index contributed by atoms with van der Waals surface area (Å²) in [6.07, 6.45) is 4.35. The van der Waals surface area contributed by atoms with Gasteiger partial charge in [0, 0.05) is 25.2 Å². The number of likely N-dealkylation sites (tertiary alicyclic amines) is 1. The molecular weight excluding hydrogens is 340 g/mol. The summed E-state index contributed by atoms with van der Waals surface area (Å²) in [5.74, 6) is 1.94. The van der Waals surface area contributed by atoms with Gasteiger partial charge in [0.15, 0.2) is 11.5 Å². The van der Waals surface area contributed by atoms with E-state index in [1.54, 1.807) is 22.5 Å². The van der Waals surface area contributed by atoms with Gasteiger partial charge in [-0.25, -0.2) is 8.42 Å². The zero-order chi connectivity index (χ0) is 17.4. The van der Waals surface area contributed by atoms with Crippen molar-refractivity contribution < 1.29 is 17.9 Å². The third kappa shape index (κ3) is 3.37. The average molecular weight is 366 g/mol. The first-order valence-electron chi connectivity index (χ1n) is 9.18. The fourth-order valence-electron chi connectivity index (χ4n) is 4.03. The molecule has 6 nitrogen and oxygen atoms in total. The number of rotatable bonds is 3. The fourth-order valence-corrected chi connectivity index (χ4v) is 5.51. The molecule has 1 aromatic carbocycles. The Kier molecular flexibility index (Phi) is 4.64. The van der Waals surface area contributed by atoms with Crippen LogP contribution in [0.3, 0.4) is 0 Å². The molecule has 0 unspecified atom stereocenters. The topological polar surface area (TPSA) is 59.1 Å². The molecule has 0 atom stereocenters. The summed E-state index contributed by atoms with van der Waals surface area (Å²) in [4.78, 5) is 2.85. The number of hydrogen-bond donors (Lipinski definition) is 0. The second-order valence-corrected chi connectivity index (χ2v) is 9.31. The Morgan fingerprint density at radius 2 is 1.64 bits per heavy atom. The molecule has 0 N–H and O–H groups in total. The van der Waals surface area contributed by atoms with Gasteiger partial charge in [0.2, 0.25) is 16.8 Å². The molecule has 1 aromatic rings. The van der Waals surface area contributed by atoms with Crippen molar-refractivity contribution in [1.29, 1.82) is 0 Å². The van der Waals surface area contributed by atoms with Gasteiger partial charge >= 0.3 is 0 Å². The van der Waals surface area contributed by atoms with Gasteiger partial charge in [-0.15, -0.1) is 0 Å². The lowest BCUT2D eigenvalue weighted by molar-refractivity contribution is 0.101. The number of ether oxygens (including phenoxy) is 2. The van der Waals surface area contributed by atoms with Gasteiger partial charge in [-0.3, -0.25) is 0 Å². The summed E-state index contributed by atoms with van der Waals surface area (Å²) in [6, 6.07) is 5.39. The average Bonchev–Trinajstić information content (AvgIpc) is 3.10. The number of sulfonamides is 1. The number of fused-ring (bicyclic) bond motifs is 1. The number of hydrogen-bond acceptors (Lipinski definition) is 5. The third-order valence-corrected chi connectivity index (χ3v) is 7.63. The van der Waals surface area contributed by atoms with Crippen LogP contribution in [0.15, 0.2) is 23.1 Å². The molecule has 25 heavy (non-hydrogen) atoms.